The van der Waals surface area contributed by atoms with Crippen molar-refractivity contribution in [3.8, 4) is 0 Å². The summed E-state index contributed by atoms with van der Waals surface area (Å²) in [6, 6.07) is 12.5. The average molecular weight is 270 g/mol. The van der Waals surface area contributed by atoms with Crippen molar-refractivity contribution in [2.24, 2.45) is 0 Å². The predicted octanol–water partition coefficient (Wildman–Crippen LogP) is 4.38. The van der Waals surface area contributed by atoms with Crippen LogP contribution in [0.1, 0.15) is 40.9 Å². The van der Waals surface area contributed by atoms with Crippen molar-refractivity contribution < 1.29 is 9.18 Å². The van der Waals surface area contributed by atoms with Crippen LogP contribution in [0.15, 0.2) is 42.5 Å². The quantitative estimate of drug-likeness (QED) is 0.737. The van der Waals surface area contributed by atoms with E-state index in [4.69, 9.17) is 0 Å². The Kier molecular flexibility index (Phi) is 4.67. The molecule has 0 N–H and O–H groups in total. The van der Waals surface area contributed by atoms with Gasteiger partial charge in [0.25, 0.3) is 0 Å². The van der Waals surface area contributed by atoms with Crippen molar-refractivity contribution in [1.82, 2.24) is 0 Å². The molecule has 0 heterocycles. The van der Waals surface area contributed by atoms with Gasteiger partial charge in [-0.05, 0) is 41.7 Å². The fraction of sp³-hybridized carbons (Fsp3) is 0.278. The van der Waals surface area contributed by atoms with Crippen molar-refractivity contribution in [2.45, 2.75) is 33.1 Å². The van der Waals surface area contributed by atoms with Crippen molar-refractivity contribution in [1.29, 1.82) is 0 Å². The van der Waals surface area contributed by atoms with Gasteiger partial charge in [-0.3, -0.25) is 4.79 Å². The van der Waals surface area contributed by atoms with Crippen LogP contribution >= 0.6 is 0 Å². The SMILES string of the molecule is CCc1ccc(CC)c(C(=O)Cc2ccccc2F)c1. The molecule has 20 heavy (non-hydrogen) atoms. The van der Waals surface area contributed by atoms with Crippen LogP contribution in [0.5, 0.6) is 0 Å². The number of Topliss-reactive ketones (excluding diaryl/α,β-unsaturated/α-hetero) is 1. The van der Waals surface area contributed by atoms with E-state index < -0.39 is 0 Å². The molecular weight excluding hydrogens is 251 g/mol. The van der Waals surface area contributed by atoms with Gasteiger partial charge in [0.2, 0.25) is 0 Å². The van der Waals surface area contributed by atoms with E-state index in [9.17, 15) is 9.18 Å². The molecule has 2 aromatic rings. The van der Waals surface area contributed by atoms with Crippen molar-refractivity contribution >= 4 is 5.78 Å². The monoisotopic (exact) mass is 270 g/mol. The van der Waals surface area contributed by atoms with Crippen LogP contribution in [-0.2, 0) is 19.3 Å². The number of ketones is 1. The zero-order valence-electron chi connectivity index (χ0n) is 11.9. The molecule has 0 bridgehead atoms. The number of benzene rings is 2. The fourth-order valence-electron chi connectivity index (χ4n) is 2.32. The third-order valence-corrected chi connectivity index (χ3v) is 3.57. The van der Waals surface area contributed by atoms with Crippen LogP contribution in [0.4, 0.5) is 4.39 Å². The standard InChI is InChI=1S/C18H19FO/c1-3-13-9-10-14(4-2)16(11-13)18(20)12-15-7-5-6-8-17(15)19/h5-11H,3-4,12H2,1-2H3. The van der Waals surface area contributed by atoms with E-state index in [2.05, 4.69) is 13.0 Å². The second-order valence-corrected chi connectivity index (χ2v) is 4.89. The Hall–Kier alpha value is -1.96. The van der Waals surface area contributed by atoms with Crippen LogP contribution in [0.3, 0.4) is 0 Å². The van der Waals surface area contributed by atoms with Gasteiger partial charge in [0.05, 0.1) is 0 Å². The van der Waals surface area contributed by atoms with Gasteiger partial charge >= 0.3 is 0 Å². The molecule has 0 aromatic heterocycles. The van der Waals surface area contributed by atoms with E-state index in [1.165, 1.54) is 6.07 Å². The summed E-state index contributed by atoms with van der Waals surface area (Å²) in [5, 5.41) is 0. The van der Waals surface area contributed by atoms with Gasteiger partial charge in [-0.25, -0.2) is 4.39 Å². The lowest BCUT2D eigenvalue weighted by Crippen LogP contribution is -2.09. The molecule has 0 spiro atoms. The Bertz CT molecular complexity index is 617. The summed E-state index contributed by atoms with van der Waals surface area (Å²) < 4.78 is 13.6. The number of aryl methyl sites for hydroxylation is 2. The zero-order valence-corrected chi connectivity index (χ0v) is 11.9. The maximum Gasteiger partial charge on any atom is 0.167 e. The highest BCUT2D eigenvalue weighted by molar-refractivity contribution is 5.99. The first-order valence-corrected chi connectivity index (χ1v) is 7.04. The summed E-state index contributed by atoms with van der Waals surface area (Å²) in [7, 11) is 0. The summed E-state index contributed by atoms with van der Waals surface area (Å²) >= 11 is 0. The molecule has 0 aliphatic heterocycles. The first-order chi connectivity index (χ1) is 9.65. The Morgan fingerprint density at radius 3 is 2.40 bits per heavy atom. The maximum absolute atomic E-state index is 13.6. The molecule has 0 radical (unpaired) electrons. The van der Waals surface area contributed by atoms with E-state index >= 15 is 0 Å². The molecule has 104 valence electrons. The van der Waals surface area contributed by atoms with Crippen LogP contribution in [-0.4, -0.2) is 5.78 Å². The molecular formula is C18H19FO. The van der Waals surface area contributed by atoms with E-state index in [0.717, 1.165) is 29.5 Å². The van der Waals surface area contributed by atoms with Gasteiger partial charge in [-0.1, -0.05) is 44.2 Å². The highest BCUT2D eigenvalue weighted by Crippen LogP contribution is 2.17. The first-order valence-electron chi connectivity index (χ1n) is 7.04. The van der Waals surface area contributed by atoms with Gasteiger partial charge in [-0.15, -0.1) is 0 Å². The summed E-state index contributed by atoms with van der Waals surface area (Å²) in [5.41, 5.74) is 3.36. The summed E-state index contributed by atoms with van der Waals surface area (Å²) in [4.78, 5) is 12.4. The summed E-state index contributed by atoms with van der Waals surface area (Å²) in [5.74, 6) is -0.326. The normalized spacial score (nSPS) is 10.6. The van der Waals surface area contributed by atoms with Crippen LogP contribution in [0.2, 0.25) is 0 Å². The largest absolute Gasteiger partial charge is 0.294 e. The lowest BCUT2D eigenvalue weighted by Gasteiger charge is -2.09. The smallest absolute Gasteiger partial charge is 0.167 e. The zero-order chi connectivity index (χ0) is 14.5. The first kappa shape index (κ1) is 14.4. The highest BCUT2D eigenvalue weighted by Gasteiger charge is 2.13. The molecule has 1 nitrogen and oxygen atoms in total. The second kappa shape index (κ2) is 6.47. The Morgan fingerprint density at radius 2 is 1.75 bits per heavy atom. The molecule has 0 atom stereocenters. The van der Waals surface area contributed by atoms with Crippen molar-refractivity contribution in [3.63, 3.8) is 0 Å². The minimum absolute atomic E-state index is 0.0118. The minimum Gasteiger partial charge on any atom is -0.294 e. The number of carbonyl (C=O) groups is 1. The molecule has 0 amide bonds. The van der Waals surface area contributed by atoms with Gasteiger partial charge < -0.3 is 0 Å². The molecule has 0 aliphatic carbocycles. The molecule has 2 heteroatoms. The molecule has 2 aromatic carbocycles. The van der Waals surface area contributed by atoms with Gasteiger partial charge in [-0.2, -0.15) is 0 Å². The van der Waals surface area contributed by atoms with Gasteiger partial charge in [0.1, 0.15) is 5.82 Å². The lowest BCUT2D eigenvalue weighted by molar-refractivity contribution is 0.0991. The van der Waals surface area contributed by atoms with Crippen molar-refractivity contribution in [2.75, 3.05) is 0 Å². The van der Waals surface area contributed by atoms with Crippen LogP contribution < -0.4 is 0 Å². The second-order valence-electron chi connectivity index (χ2n) is 4.89. The number of halogens is 1. The third kappa shape index (κ3) is 3.13. The topological polar surface area (TPSA) is 17.1 Å². The number of hydrogen-bond donors (Lipinski definition) is 0. The van der Waals surface area contributed by atoms with Crippen molar-refractivity contribution in [3.05, 3.63) is 70.5 Å². The van der Waals surface area contributed by atoms with E-state index in [0.29, 0.717) is 5.56 Å². The average Bonchev–Trinajstić information content (AvgIpc) is 2.48. The van der Waals surface area contributed by atoms with E-state index in [1.807, 2.05) is 19.1 Å². The molecule has 0 unspecified atom stereocenters. The highest BCUT2D eigenvalue weighted by atomic mass is 19.1. The number of hydrogen-bond acceptors (Lipinski definition) is 1. The molecule has 0 saturated heterocycles. The molecule has 2 rings (SSSR count). The Balaban J connectivity index is 2.31. The van der Waals surface area contributed by atoms with Gasteiger partial charge in [0.15, 0.2) is 5.78 Å². The fourth-order valence-corrected chi connectivity index (χ4v) is 2.32. The lowest BCUT2D eigenvalue weighted by atomic mass is 9.94. The Morgan fingerprint density at radius 1 is 1.00 bits per heavy atom. The maximum atomic E-state index is 13.6. The molecule has 0 fully saturated rings. The van der Waals surface area contributed by atoms with Crippen LogP contribution in [0.25, 0.3) is 0 Å². The summed E-state index contributed by atoms with van der Waals surface area (Å²) in [6.07, 6.45) is 1.82. The third-order valence-electron chi connectivity index (χ3n) is 3.57. The minimum atomic E-state index is -0.314. The Labute approximate surface area is 119 Å². The van der Waals surface area contributed by atoms with Gasteiger partial charge in [0, 0.05) is 12.0 Å². The summed E-state index contributed by atoms with van der Waals surface area (Å²) in [6.45, 7) is 4.09. The van der Waals surface area contributed by atoms with E-state index in [-0.39, 0.29) is 18.0 Å². The van der Waals surface area contributed by atoms with E-state index in [1.54, 1.807) is 18.2 Å². The molecule has 0 aliphatic rings. The number of rotatable bonds is 5. The molecule has 0 saturated carbocycles. The predicted molar refractivity (Wildman–Crippen MR) is 79.6 cm³/mol. The number of carbonyl (C=O) groups excluding carboxylic acids is 1. The van der Waals surface area contributed by atoms with Crippen LogP contribution in [0, 0.1) is 5.82 Å².